The Hall–Kier alpha value is -0.900. The zero-order valence-electron chi connectivity index (χ0n) is 5.91. The molecule has 7 nitrogen and oxygen atoms in total. The maximum absolute atomic E-state index is 10.5. The van der Waals surface area contributed by atoms with Crippen LogP contribution in [0.1, 0.15) is 0 Å². The lowest BCUT2D eigenvalue weighted by Gasteiger charge is -1.94. The lowest BCUT2D eigenvalue weighted by atomic mass is 10.7. The monoisotopic (exact) mass is 228 g/mol. The average molecular weight is 228 g/mol. The highest BCUT2D eigenvalue weighted by molar-refractivity contribution is 7.88. The largest absolute Gasteiger partial charge is 0.450 e. The summed E-state index contributed by atoms with van der Waals surface area (Å²) < 4.78 is 62.9. The molecule has 0 amide bonds. The topological polar surface area (TPSA) is 122 Å². The molecular formula is C4H4O7S2. The Morgan fingerprint density at radius 1 is 1.08 bits per heavy atom. The van der Waals surface area contributed by atoms with E-state index in [2.05, 4.69) is 4.42 Å². The van der Waals surface area contributed by atoms with E-state index < -0.39 is 30.2 Å². The van der Waals surface area contributed by atoms with Crippen LogP contribution in [-0.4, -0.2) is 25.9 Å². The molecule has 0 saturated heterocycles. The van der Waals surface area contributed by atoms with Crippen LogP contribution < -0.4 is 0 Å². The lowest BCUT2D eigenvalue weighted by molar-refractivity contribution is 0.390. The molecule has 13 heavy (non-hydrogen) atoms. The summed E-state index contributed by atoms with van der Waals surface area (Å²) in [5, 5.41) is -1.20. The minimum absolute atomic E-state index is 0.707. The Labute approximate surface area is 73.5 Å². The highest BCUT2D eigenvalue weighted by Crippen LogP contribution is 2.20. The van der Waals surface area contributed by atoms with E-state index in [1.54, 1.807) is 0 Å². The van der Waals surface area contributed by atoms with Crippen molar-refractivity contribution in [2.75, 3.05) is 0 Å². The first-order valence-corrected chi connectivity index (χ1v) is 5.63. The molecule has 0 aliphatic rings. The maximum atomic E-state index is 10.5. The first kappa shape index (κ1) is 10.2. The van der Waals surface area contributed by atoms with Gasteiger partial charge >= 0.3 is 10.1 Å². The summed E-state index contributed by atoms with van der Waals surface area (Å²) >= 11 is 0. The first-order valence-electron chi connectivity index (χ1n) is 2.75. The van der Waals surface area contributed by atoms with Gasteiger partial charge in [-0.25, -0.2) is 0 Å². The summed E-state index contributed by atoms with van der Waals surface area (Å²) in [5.41, 5.74) is 0. The zero-order valence-corrected chi connectivity index (χ0v) is 7.54. The van der Waals surface area contributed by atoms with Crippen LogP contribution in [0.15, 0.2) is 26.7 Å². The number of furan rings is 1. The Morgan fingerprint density at radius 3 is 1.92 bits per heavy atom. The van der Waals surface area contributed by atoms with Gasteiger partial charge in [-0.2, -0.15) is 16.8 Å². The van der Waals surface area contributed by atoms with Crippen LogP contribution in [0.5, 0.6) is 0 Å². The molecule has 0 aliphatic heterocycles. The second-order valence-corrected chi connectivity index (χ2v) is 4.73. The molecule has 2 N–H and O–H groups in total. The molecule has 0 saturated carbocycles. The van der Waals surface area contributed by atoms with Gasteiger partial charge in [-0.15, -0.1) is 0 Å². The molecule has 1 heterocycles. The standard InChI is InChI=1S/C4H4O7S2/c5-12(6,7)3-1-2-11-4(3)13(8,9)10/h1-2H,(H,5,6,7)(H,8,9,10). The third-order valence-corrected chi connectivity index (χ3v) is 2.90. The molecule has 0 aliphatic carbocycles. The highest BCUT2D eigenvalue weighted by Gasteiger charge is 2.27. The van der Waals surface area contributed by atoms with Gasteiger partial charge in [0.1, 0.15) is 0 Å². The van der Waals surface area contributed by atoms with Crippen LogP contribution in [0.25, 0.3) is 0 Å². The summed E-state index contributed by atoms with van der Waals surface area (Å²) in [6.07, 6.45) is 0.714. The molecule has 0 atom stereocenters. The zero-order chi connectivity index (χ0) is 10.3. The van der Waals surface area contributed by atoms with E-state index in [-0.39, 0.29) is 0 Å². The van der Waals surface area contributed by atoms with E-state index in [1.807, 2.05) is 0 Å². The molecule has 0 bridgehead atoms. The van der Waals surface area contributed by atoms with Crippen LogP contribution in [0.4, 0.5) is 0 Å². The molecule has 74 valence electrons. The molecule has 1 aromatic rings. The molecular weight excluding hydrogens is 224 g/mol. The van der Waals surface area contributed by atoms with Crippen LogP contribution in [0.3, 0.4) is 0 Å². The van der Waals surface area contributed by atoms with E-state index >= 15 is 0 Å². The average Bonchev–Trinajstić information content (AvgIpc) is 2.27. The van der Waals surface area contributed by atoms with E-state index in [1.165, 1.54) is 0 Å². The lowest BCUT2D eigenvalue weighted by Crippen LogP contribution is -2.05. The Bertz CT molecular complexity index is 458. The van der Waals surface area contributed by atoms with Crippen molar-refractivity contribution in [3.05, 3.63) is 12.3 Å². The minimum Gasteiger partial charge on any atom is -0.450 e. The minimum atomic E-state index is -4.78. The van der Waals surface area contributed by atoms with E-state index in [0.29, 0.717) is 12.3 Å². The molecule has 0 fully saturated rings. The molecule has 1 rings (SSSR count). The van der Waals surface area contributed by atoms with Crippen molar-refractivity contribution in [1.29, 1.82) is 0 Å². The van der Waals surface area contributed by atoms with Crippen LogP contribution in [-0.2, 0) is 20.2 Å². The molecule has 9 heteroatoms. The summed E-state index contributed by atoms with van der Waals surface area (Å²) in [5.74, 6) is 0. The van der Waals surface area contributed by atoms with E-state index in [0.717, 1.165) is 0 Å². The van der Waals surface area contributed by atoms with Crippen LogP contribution in [0.2, 0.25) is 0 Å². The van der Waals surface area contributed by atoms with Gasteiger partial charge in [-0.05, 0) is 6.07 Å². The Kier molecular flexibility index (Phi) is 2.20. The SMILES string of the molecule is O=S(=O)(O)c1ccoc1S(=O)(=O)O. The van der Waals surface area contributed by atoms with Crippen molar-refractivity contribution in [2.24, 2.45) is 0 Å². The smallest absolute Gasteiger partial charge is 0.329 e. The second kappa shape index (κ2) is 2.80. The number of hydrogen-bond donors (Lipinski definition) is 2. The quantitative estimate of drug-likeness (QED) is 0.670. The summed E-state index contributed by atoms with van der Waals surface area (Å²) in [7, 11) is -9.49. The normalized spacial score (nSPS) is 13.1. The molecule has 0 spiro atoms. The fourth-order valence-corrected chi connectivity index (χ4v) is 2.28. The summed E-state index contributed by atoms with van der Waals surface area (Å²) in [4.78, 5) is -0.991. The van der Waals surface area contributed by atoms with Gasteiger partial charge in [0.15, 0.2) is 4.90 Å². The van der Waals surface area contributed by atoms with E-state index in [4.69, 9.17) is 9.11 Å². The van der Waals surface area contributed by atoms with Crippen molar-refractivity contribution >= 4 is 20.2 Å². The Morgan fingerprint density at radius 2 is 1.62 bits per heavy atom. The maximum Gasteiger partial charge on any atom is 0.329 e. The van der Waals surface area contributed by atoms with Gasteiger partial charge in [0, 0.05) is 0 Å². The summed E-state index contributed by atoms with van der Waals surface area (Å²) in [6, 6.07) is 0.707. The van der Waals surface area contributed by atoms with Gasteiger partial charge in [0.2, 0.25) is 0 Å². The van der Waals surface area contributed by atoms with Gasteiger partial charge in [-0.1, -0.05) is 0 Å². The summed E-state index contributed by atoms with van der Waals surface area (Å²) in [6.45, 7) is 0. The molecule has 0 aromatic carbocycles. The molecule has 0 radical (unpaired) electrons. The van der Waals surface area contributed by atoms with Crippen molar-refractivity contribution in [1.82, 2.24) is 0 Å². The van der Waals surface area contributed by atoms with Crippen LogP contribution >= 0.6 is 0 Å². The third-order valence-electron chi connectivity index (χ3n) is 1.11. The van der Waals surface area contributed by atoms with E-state index in [9.17, 15) is 16.8 Å². The van der Waals surface area contributed by atoms with Gasteiger partial charge in [-0.3, -0.25) is 9.11 Å². The predicted octanol–water partition coefficient (Wildman–Crippen LogP) is -0.227. The van der Waals surface area contributed by atoms with Crippen molar-refractivity contribution in [2.45, 2.75) is 9.99 Å². The fraction of sp³-hybridized carbons (Fsp3) is 0. The van der Waals surface area contributed by atoms with Gasteiger partial charge in [0.05, 0.1) is 6.26 Å². The van der Waals surface area contributed by atoms with Gasteiger partial charge < -0.3 is 4.42 Å². The number of hydrogen-bond acceptors (Lipinski definition) is 5. The highest BCUT2D eigenvalue weighted by atomic mass is 32.2. The van der Waals surface area contributed by atoms with Crippen molar-refractivity contribution in [3.8, 4) is 0 Å². The van der Waals surface area contributed by atoms with Crippen LogP contribution in [0, 0.1) is 0 Å². The van der Waals surface area contributed by atoms with Crippen molar-refractivity contribution in [3.63, 3.8) is 0 Å². The molecule has 1 aromatic heterocycles. The molecule has 0 unspecified atom stereocenters. The first-order chi connectivity index (χ1) is 5.73. The second-order valence-electron chi connectivity index (χ2n) is 2.02. The van der Waals surface area contributed by atoms with Crippen molar-refractivity contribution < 1.29 is 30.4 Å². The fourth-order valence-electron chi connectivity index (χ4n) is 0.663. The Balaban J connectivity index is 3.54. The third kappa shape index (κ3) is 2.06. The predicted molar refractivity (Wildman–Crippen MR) is 38.3 cm³/mol. The van der Waals surface area contributed by atoms with Gasteiger partial charge in [0.25, 0.3) is 15.2 Å². The number of rotatable bonds is 2.